The molecule has 62 heavy (non-hydrogen) atoms. The number of amides is 4. The Morgan fingerprint density at radius 1 is 1.05 bits per heavy atom. The lowest BCUT2D eigenvalue weighted by Crippen LogP contribution is -2.44. The summed E-state index contributed by atoms with van der Waals surface area (Å²) in [6.07, 6.45) is 10.6. The number of halogens is 2. The van der Waals surface area contributed by atoms with E-state index >= 15 is 0 Å². The highest BCUT2D eigenvalue weighted by molar-refractivity contribution is 6.10. The molecule has 2 saturated carbocycles. The van der Waals surface area contributed by atoms with Crippen LogP contribution in [-0.2, 0) is 25.5 Å². The van der Waals surface area contributed by atoms with Gasteiger partial charge in [0, 0.05) is 51.1 Å². The summed E-state index contributed by atoms with van der Waals surface area (Å²) in [6.45, 7) is 3.73. The quantitative estimate of drug-likeness (QED) is 0.0671. The molecule has 2 aliphatic carbocycles. The van der Waals surface area contributed by atoms with Crippen LogP contribution in [-0.4, -0.2) is 95.2 Å². The second-order valence-electron chi connectivity index (χ2n) is 17.2. The first-order valence-corrected chi connectivity index (χ1v) is 21.9. The summed E-state index contributed by atoms with van der Waals surface area (Å²) < 4.78 is 41.4. The SMILES string of the molecule is CN(CCOCCCc1cccc2c1N(C)C(=O)C2C1CCC(=O)NC1=O)CCC1CCC(n2cc(NC(=O)c3coc(-c4ccnc(NCC5CC5)c4)n3)c(C(F)F)n2)CC1. The van der Waals surface area contributed by atoms with Gasteiger partial charge in [-0.05, 0) is 113 Å². The van der Waals surface area contributed by atoms with E-state index in [1.165, 1.54) is 25.3 Å². The molecule has 4 aliphatic rings. The average molecular weight is 856 g/mol. The van der Waals surface area contributed by atoms with Crippen LogP contribution in [0.5, 0.6) is 0 Å². The Labute approximate surface area is 359 Å². The number of imide groups is 1. The van der Waals surface area contributed by atoms with E-state index in [1.807, 2.05) is 18.2 Å². The van der Waals surface area contributed by atoms with Crippen molar-refractivity contribution >= 4 is 40.8 Å². The van der Waals surface area contributed by atoms with Gasteiger partial charge in [0.1, 0.15) is 12.1 Å². The van der Waals surface area contributed by atoms with Crippen molar-refractivity contribution in [2.45, 2.75) is 89.0 Å². The van der Waals surface area contributed by atoms with Gasteiger partial charge in [-0.15, -0.1) is 0 Å². The number of anilines is 3. The van der Waals surface area contributed by atoms with Gasteiger partial charge >= 0.3 is 0 Å². The number of oxazole rings is 1. The van der Waals surface area contributed by atoms with E-state index in [0.29, 0.717) is 42.9 Å². The predicted molar refractivity (Wildman–Crippen MR) is 227 cm³/mol. The molecule has 2 atom stereocenters. The van der Waals surface area contributed by atoms with Crippen molar-refractivity contribution in [1.82, 2.24) is 30.0 Å². The lowest BCUT2D eigenvalue weighted by molar-refractivity contribution is -0.139. The van der Waals surface area contributed by atoms with Crippen LogP contribution in [0.25, 0.3) is 11.5 Å². The molecule has 8 rings (SSSR count). The number of hydrogen-bond donors (Lipinski definition) is 3. The zero-order chi connectivity index (χ0) is 43.3. The molecule has 0 radical (unpaired) electrons. The summed E-state index contributed by atoms with van der Waals surface area (Å²) in [5.41, 5.74) is 2.86. The summed E-state index contributed by atoms with van der Waals surface area (Å²) in [4.78, 5) is 63.3. The third kappa shape index (κ3) is 10.0. The summed E-state index contributed by atoms with van der Waals surface area (Å²) in [6, 6.07) is 9.36. The molecular weight excluding hydrogens is 801 g/mol. The number of carbonyl (C=O) groups is 4. The second kappa shape index (κ2) is 19.2. The fraction of sp³-hybridized carbons (Fsp3) is 0.533. The lowest BCUT2D eigenvalue weighted by atomic mass is 9.81. The molecule has 3 aromatic heterocycles. The van der Waals surface area contributed by atoms with Crippen molar-refractivity contribution < 1.29 is 37.1 Å². The Morgan fingerprint density at radius 3 is 2.63 bits per heavy atom. The third-order valence-corrected chi connectivity index (χ3v) is 12.8. The zero-order valence-electron chi connectivity index (χ0n) is 35.3. The molecule has 4 aromatic rings. The number of aryl methyl sites for hydroxylation is 1. The number of nitrogens with zero attached hydrogens (tertiary/aromatic N) is 6. The van der Waals surface area contributed by atoms with Crippen LogP contribution in [0.4, 0.5) is 26.0 Å². The predicted octanol–water partition coefficient (Wildman–Crippen LogP) is 6.76. The topological polar surface area (TPSA) is 177 Å². The van der Waals surface area contributed by atoms with Crippen molar-refractivity contribution in [3.05, 3.63) is 71.5 Å². The number of benzene rings is 1. The van der Waals surface area contributed by atoms with Crippen LogP contribution in [0.2, 0.25) is 0 Å². The molecule has 17 heteroatoms. The number of alkyl halides is 2. The number of piperidine rings is 1. The monoisotopic (exact) mass is 855 g/mol. The maximum atomic E-state index is 14.1. The van der Waals surface area contributed by atoms with Gasteiger partial charge in [0.15, 0.2) is 11.4 Å². The lowest BCUT2D eigenvalue weighted by Gasteiger charge is -2.30. The molecule has 1 aromatic carbocycles. The molecule has 0 spiro atoms. The number of fused-ring (bicyclic) bond motifs is 1. The number of hydrogen-bond acceptors (Lipinski definition) is 11. The largest absolute Gasteiger partial charge is 0.444 e. The Bertz CT molecular complexity index is 2250. The van der Waals surface area contributed by atoms with Gasteiger partial charge < -0.3 is 29.6 Å². The molecule has 3 fully saturated rings. The smallest absolute Gasteiger partial charge is 0.284 e. The molecule has 330 valence electrons. The van der Waals surface area contributed by atoms with Crippen LogP contribution in [0.15, 0.2) is 53.4 Å². The van der Waals surface area contributed by atoms with Crippen molar-refractivity contribution in [1.29, 1.82) is 0 Å². The van der Waals surface area contributed by atoms with E-state index in [1.54, 1.807) is 35.0 Å². The molecule has 2 unspecified atom stereocenters. The minimum Gasteiger partial charge on any atom is -0.444 e. The van der Waals surface area contributed by atoms with Gasteiger partial charge in [-0.1, -0.05) is 18.2 Å². The Hall–Kier alpha value is -5.55. The summed E-state index contributed by atoms with van der Waals surface area (Å²) in [5.74, 6) is -0.468. The number of likely N-dealkylation sites (N-methyl/N-ethyl adjacent to an activating group) is 2. The Morgan fingerprint density at radius 2 is 1.85 bits per heavy atom. The first-order valence-electron chi connectivity index (χ1n) is 21.9. The van der Waals surface area contributed by atoms with Gasteiger partial charge in [0.2, 0.25) is 23.6 Å². The van der Waals surface area contributed by atoms with E-state index in [4.69, 9.17) is 9.15 Å². The number of ether oxygens (including phenoxy) is 1. The first-order chi connectivity index (χ1) is 30.0. The van der Waals surface area contributed by atoms with Gasteiger partial charge in [-0.25, -0.2) is 18.7 Å². The van der Waals surface area contributed by atoms with Crippen molar-refractivity contribution in [3.63, 3.8) is 0 Å². The van der Waals surface area contributed by atoms with Gasteiger partial charge in [-0.3, -0.25) is 29.2 Å². The molecule has 2 aliphatic heterocycles. The van der Waals surface area contributed by atoms with E-state index < -0.39 is 29.9 Å². The van der Waals surface area contributed by atoms with Crippen LogP contribution in [0.1, 0.15) is 110 Å². The van der Waals surface area contributed by atoms with Crippen LogP contribution in [0, 0.1) is 17.8 Å². The molecule has 1 saturated heterocycles. The molecule has 15 nitrogen and oxygen atoms in total. The number of carbonyl (C=O) groups excluding carboxylic acids is 4. The standard InChI is InChI=1S/C45H55F2N9O6/c1-54(20-22-61-21-4-6-29-5-3-7-32-38(45(60)55(2)40(29)32)33-14-15-37(57)52-42(33)58)19-17-27-10-12-31(13-11-27)56-25-34(39(53-56)41(46)47)50-43(59)35-26-62-44(51-35)30-16-18-48-36(23-30)49-24-28-8-9-28/h3,5,7,16,18,23,25-28,31,33,38,41H,4,6,8-15,17,19-22,24H2,1-2H3,(H,48,49)(H,50,59)(H,52,57,58). The zero-order valence-corrected chi connectivity index (χ0v) is 35.3. The fourth-order valence-electron chi connectivity index (χ4n) is 9.02. The van der Waals surface area contributed by atoms with Crippen LogP contribution >= 0.6 is 0 Å². The average Bonchev–Trinajstić information content (AvgIpc) is 3.67. The number of nitrogens with one attached hydrogen (secondary N) is 3. The highest BCUT2D eigenvalue weighted by Gasteiger charge is 2.45. The van der Waals surface area contributed by atoms with Crippen molar-refractivity contribution in [2.75, 3.05) is 62.5 Å². The summed E-state index contributed by atoms with van der Waals surface area (Å²) in [5, 5.41) is 12.5. The van der Waals surface area contributed by atoms with Crippen molar-refractivity contribution in [3.8, 4) is 11.5 Å². The number of rotatable bonds is 19. The number of para-hydroxylation sites is 1. The summed E-state index contributed by atoms with van der Waals surface area (Å²) >= 11 is 0. The van der Waals surface area contributed by atoms with E-state index in [2.05, 4.69) is 43.0 Å². The highest BCUT2D eigenvalue weighted by Crippen LogP contribution is 2.45. The summed E-state index contributed by atoms with van der Waals surface area (Å²) in [7, 11) is 3.84. The molecular formula is C45H55F2N9O6. The molecule has 4 amide bonds. The minimum atomic E-state index is -2.87. The van der Waals surface area contributed by atoms with Gasteiger partial charge in [-0.2, -0.15) is 5.10 Å². The van der Waals surface area contributed by atoms with Crippen LogP contribution in [0.3, 0.4) is 0 Å². The number of aromatic nitrogens is 4. The highest BCUT2D eigenvalue weighted by atomic mass is 19.3. The second-order valence-corrected chi connectivity index (χ2v) is 17.2. The van der Waals surface area contributed by atoms with E-state index in [9.17, 15) is 28.0 Å². The van der Waals surface area contributed by atoms with Crippen molar-refractivity contribution in [2.24, 2.45) is 17.8 Å². The Balaban J connectivity index is 0.743. The minimum absolute atomic E-state index is 0.0304. The van der Waals surface area contributed by atoms with E-state index in [-0.39, 0.29) is 47.5 Å². The van der Waals surface area contributed by atoms with Gasteiger partial charge in [0.25, 0.3) is 12.3 Å². The molecule has 3 N–H and O–H groups in total. The maximum absolute atomic E-state index is 14.1. The first kappa shape index (κ1) is 43.1. The molecule has 0 bridgehead atoms. The third-order valence-electron chi connectivity index (χ3n) is 12.8. The maximum Gasteiger partial charge on any atom is 0.284 e. The van der Waals surface area contributed by atoms with E-state index in [0.717, 1.165) is 81.4 Å². The Kier molecular flexibility index (Phi) is 13.4. The van der Waals surface area contributed by atoms with Crippen LogP contribution < -0.4 is 20.9 Å². The fourth-order valence-corrected chi connectivity index (χ4v) is 9.02. The normalized spacial score (nSPS) is 21.5. The number of pyridine rings is 1. The molecule has 5 heterocycles. The van der Waals surface area contributed by atoms with Gasteiger partial charge in [0.05, 0.1) is 35.9 Å².